The summed E-state index contributed by atoms with van der Waals surface area (Å²) in [6.07, 6.45) is 0. The summed E-state index contributed by atoms with van der Waals surface area (Å²) in [5, 5.41) is 0. The lowest BCUT2D eigenvalue weighted by Gasteiger charge is -2.09. The summed E-state index contributed by atoms with van der Waals surface area (Å²) in [5.41, 5.74) is 12.4. The van der Waals surface area contributed by atoms with Crippen LogP contribution in [0.15, 0.2) is 48.5 Å². The van der Waals surface area contributed by atoms with E-state index in [1.165, 1.54) is 0 Å². The van der Waals surface area contributed by atoms with Gasteiger partial charge in [0.1, 0.15) is 24.7 Å². The van der Waals surface area contributed by atoms with Crippen molar-refractivity contribution in [3.05, 3.63) is 48.5 Å². The number of anilines is 2. The SMILES string of the molecule is Nc1cccc(OCCS(=O)(=O)CCOc2cccc(N)c2)c1. The Morgan fingerprint density at radius 3 is 1.61 bits per heavy atom. The van der Waals surface area contributed by atoms with Gasteiger partial charge in [-0.05, 0) is 24.3 Å². The van der Waals surface area contributed by atoms with Crippen LogP contribution in [0.5, 0.6) is 11.5 Å². The molecule has 0 aliphatic rings. The van der Waals surface area contributed by atoms with Crippen LogP contribution in [0.2, 0.25) is 0 Å². The van der Waals surface area contributed by atoms with Gasteiger partial charge in [-0.15, -0.1) is 0 Å². The summed E-state index contributed by atoms with van der Waals surface area (Å²) in [5.74, 6) is 0.942. The molecule has 7 heteroatoms. The second-order valence-corrected chi connectivity index (χ2v) is 7.30. The van der Waals surface area contributed by atoms with Crippen molar-refractivity contribution in [3.63, 3.8) is 0 Å². The molecule has 23 heavy (non-hydrogen) atoms. The highest BCUT2D eigenvalue weighted by Crippen LogP contribution is 2.15. The van der Waals surface area contributed by atoms with Crippen molar-refractivity contribution >= 4 is 21.2 Å². The third kappa shape index (κ3) is 6.07. The molecular weight excluding hydrogens is 316 g/mol. The highest BCUT2D eigenvalue weighted by molar-refractivity contribution is 7.91. The normalized spacial score (nSPS) is 11.1. The first-order valence-electron chi connectivity index (χ1n) is 7.12. The lowest BCUT2D eigenvalue weighted by molar-refractivity contribution is 0.334. The lowest BCUT2D eigenvalue weighted by atomic mass is 10.3. The molecule has 0 saturated heterocycles. The zero-order chi connectivity index (χ0) is 16.7. The Labute approximate surface area is 135 Å². The first kappa shape index (κ1) is 17.0. The minimum absolute atomic E-state index is 0.0735. The van der Waals surface area contributed by atoms with E-state index < -0.39 is 9.84 Å². The number of hydrogen-bond donors (Lipinski definition) is 2. The van der Waals surface area contributed by atoms with Crippen molar-refractivity contribution in [1.29, 1.82) is 0 Å². The van der Waals surface area contributed by atoms with Crippen molar-refractivity contribution in [2.24, 2.45) is 0 Å². The van der Waals surface area contributed by atoms with Gasteiger partial charge >= 0.3 is 0 Å². The van der Waals surface area contributed by atoms with E-state index in [1.807, 2.05) is 0 Å². The van der Waals surface area contributed by atoms with Gasteiger partial charge in [-0.2, -0.15) is 0 Å². The number of sulfone groups is 1. The van der Waals surface area contributed by atoms with Gasteiger partial charge in [0.15, 0.2) is 9.84 Å². The molecule has 0 aliphatic carbocycles. The van der Waals surface area contributed by atoms with Crippen LogP contribution >= 0.6 is 0 Å². The molecule has 0 aliphatic heterocycles. The molecule has 0 saturated carbocycles. The lowest BCUT2D eigenvalue weighted by Crippen LogP contribution is -2.21. The third-order valence-corrected chi connectivity index (χ3v) is 4.62. The van der Waals surface area contributed by atoms with Crippen LogP contribution in [0.1, 0.15) is 0 Å². The van der Waals surface area contributed by atoms with E-state index in [1.54, 1.807) is 48.5 Å². The molecule has 4 N–H and O–H groups in total. The predicted octanol–water partition coefficient (Wildman–Crippen LogP) is 1.72. The molecule has 124 valence electrons. The van der Waals surface area contributed by atoms with Crippen molar-refractivity contribution in [1.82, 2.24) is 0 Å². The Morgan fingerprint density at radius 1 is 0.783 bits per heavy atom. The third-order valence-electron chi connectivity index (χ3n) is 3.04. The van der Waals surface area contributed by atoms with Crippen molar-refractivity contribution in [3.8, 4) is 11.5 Å². The minimum atomic E-state index is -3.25. The average molecular weight is 336 g/mol. The molecular formula is C16H20N2O4S. The molecule has 0 amide bonds. The summed E-state index contributed by atoms with van der Waals surface area (Å²) >= 11 is 0. The van der Waals surface area contributed by atoms with Gasteiger partial charge in [-0.3, -0.25) is 0 Å². The Kier molecular flexibility index (Phi) is 5.70. The van der Waals surface area contributed by atoms with Gasteiger partial charge in [0.2, 0.25) is 0 Å². The van der Waals surface area contributed by atoms with Gasteiger partial charge in [0, 0.05) is 23.5 Å². The van der Waals surface area contributed by atoms with Crippen molar-refractivity contribution in [2.45, 2.75) is 0 Å². The molecule has 0 aromatic heterocycles. The first-order chi connectivity index (χ1) is 10.9. The summed E-state index contributed by atoms with van der Waals surface area (Å²) in [6.45, 7) is 0.147. The van der Waals surface area contributed by atoms with E-state index in [9.17, 15) is 8.42 Å². The van der Waals surface area contributed by atoms with Crippen molar-refractivity contribution in [2.75, 3.05) is 36.2 Å². The number of benzene rings is 2. The second kappa shape index (κ2) is 7.73. The minimum Gasteiger partial charge on any atom is -0.492 e. The average Bonchev–Trinajstić information content (AvgIpc) is 2.47. The zero-order valence-corrected chi connectivity index (χ0v) is 13.5. The smallest absolute Gasteiger partial charge is 0.156 e. The number of hydrogen-bond acceptors (Lipinski definition) is 6. The highest BCUT2D eigenvalue weighted by Gasteiger charge is 2.11. The van der Waals surface area contributed by atoms with Gasteiger partial charge < -0.3 is 20.9 Å². The van der Waals surface area contributed by atoms with E-state index in [0.717, 1.165) is 0 Å². The first-order valence-corrected chi connectivity index (χ1v) is 8.94. The van der Waals surface area contributed by atoms with Gasteiger partial charge in [-0.25, -0.2) is 8.42 Å². The zero-order valence-electron chi connectivity index (χ0n) is 12.6. The molecule has 0 bridgehead atoms. The molecule has 0 radical (unpaired) electrons. The summed E-state index contributed by atoms with van der Waals surface area (Å²) in [4.78, 5) is 0. The van der Waals surface area contributed by atoms with E-state index in [-0.39, 0.29) is 24.7 Å². The number of nitrogen functional groups attached to an aromatic ring is 2. The predicted molar refractivity (Wildman–Crippen MR) is 91.4 cm³/mol. The van der Waals surface area contributed by atoms with Crippen LogP contribution < -0.4 is 20.9 Å². The van der Waals surface area contributed by atoms with Crippen LogP contribution in [-0.2, 0) is 9.84 Å². The molecule has 0 fully saturated rings. The Hall–Kier alpha value is -2.41. The number of ether oxygens (including phenoxy) is 2. The quantitative estimate of drug-likeness (QED) is 0.711. The Bertz CT molecular complexity index is 690. The van der Waals surface area contributed by atoms with Crippen LogP contribution in [0.3, 0.4) is 0 Å². The molecule has 2 rings (SSSR count). The number of nitrogens with two attached hydrogens (primary N) is 2. The molecule has 0 atom stereocenters. The van der Waals surface area contributed by atoms with Gasteiger partial charge in [-0.1, -0.05) is 12.1 Å². The standard InChI is InChI=1S/C16H20N2O4S/c17-13-3-1-5-15(11-13)21-7-9-23(19,20)10-8-22-16-6-2-4-14(18)12-16/h1-6,11-12H,7-10,17-18H2. The topological polar surface area (TPSA) is 105 Å². The van der Waals surface area contributed by atoms with Gasteiger partial charge in [0.25, 0.3) is 0 Å². The molecule has 6 nitrogen and oxygen atoms in total. The summed E-state index contributed by atoms with van der Waals surface area (Å²) in [7, 11) is -3.25. The van der Waals surface area contributed by atoms with Crippen LogP contribution in [0, 0.1) is 0 Å². The van der Waals surface area contributed by atoms with Crippen LogP contribution in [0.4, 0.5) is 11.4 Å². The fourth-order valence-corrected chi connectivity index (χ4v) is 2.76. The molecule has 2 aromatic rings. The Balaban J connectivity index is 1.74. The Morgan fingerprint density at radius 2 is 1.22 bits per heavy atom. The van der Waals surface area contributed by atoms with Crippen molar-refractivity contribution < 1.29 is 17.9 Å². The largest absolute Gasteiger partial charge is 0.492 e. The summed E-state index contributed by atoms with van der Waals surface area (Å²) < 4.78 is 34.6. The van der Waals surface area contributed by atoms with E-state index >= 15 is 0 Å². The maximum atomic E-state index is 11.9. The maximum Gasteiger partial charge on any atom is 0.156 e. The second-order valence-electron chi connectivity index (χ2n) is 4.99. The maximum absolute atomic E-state index is 11.9. The highest BCUT2D eigenvalue weighted by atomic mass is 32.2. The summed E-state index contributed by atoms with van der Waals surface area (Å²) in [6, 6.07) is 13.7. The monoisotopic (exact) mass is 336 g/mol. The van der Waals surface area contributed by atoms with E-state index in [0.29, 0.717) is 22.9 Å². The van der Waals surface area contributed by atoms with E-state index in [4.69, 9.17) is 20.9 Å². The molecule has 0 spiro atoms. The van der Waals surface area contributed by atoms with Crippen LogP contribution in [0.25, 0.3) is 0 Å². The van der Waals surface area contributed by atoms with Gasteiger partial charge in [0.05, 0.1) is 11.5 Å². The molecule has 0 unspecified atom stereocenters. The van der Waals surface area contributed by atoms with Crippen LogP contribution in [-0.4, -0.2) is 33.1 Å². The fraction of sp³-hybridized carbons (Fsp3) is 0.250. The van der Waals surface area contributed by atoms with E-state index in [2.05, 4.69) is 0 Å². The fourth-order valence-electron chi connectivity index (χ4n) is 1.88. The number of rotatable bonds is 8. The molecule has 0 heterocycles. The molecule has 2 aromatic carbocycles.